The molecule has 0 heterocycles. The average molecular weight is 225 g/mol. The second-order valence-electron chi connectivity index (χ2n) is 3.35. The van der Waals surface area contributed by atoms with Crippen LogP contribution in [0.1, 0.15) is 17.2 Å². The molecule has 1 aromatic rings. The van der Waals surface area contributed by atoms with Crippen LogP contribution in [-0.4, -0.2) is 25.3 Å². The maximum atomic E-state index is 10.9. The van der Waals surface area contributed by atoms with E-state index >= 15 is 0 Å². The molecule has 1 aromatic carbocycles. The zero-order chi connectivity index (χ0) is 12.3. The first-order valence-electron chi connectivity index (χ1n) is 4.72. The summed E-state index contributed by atoms with van der Waals surface area (Å²) < 4.78 is 10.2. The van der Waals surface area contributed by atoms with Crippen LogP contribution >= 0.6 is 0 Å². The molecule has 0 aliphatic rings. The van der Waals surface area contributed by atoms with Crippen molar-refractivity contribution in [3.8, 4) is 11.5 Å². The van der Waals surface area contributed by atoms with Crippen molar-refractivity contribution in [2.75, 3.05) is 14.2 Å². The van der Waals surface area contributed by atoms with Gasteiger partial charge in [0.05, 0.1) is 14.2 Å². The molecule has 5 nitrogen and oxygen atoms in total. The van der Waals surface area contributed by atoms with Crippen molar-refractivity contribution in [3.05, 3.63) is 23.3 Å². The number of ether oxygens (including phenoxy) is 2. The SMILES string of the molecule is COc1ccc(C)c(C(N)C(=O)O)c1OC. The van der Waals surface area contributed by atoms with Gasteiger partial charge in [-0.05, 0) is 18.6 Å². The normalized spacial score (nSPS) is 12.0. The van der Waals surface area contributed by atoms with E-state index in [1.807, 2.05) is 0 Å². The first-order valence-corrected chi connectivity index (χ1v) is 4.72. The van der Waals surface area contributed by atoms with Crippen LogP contribution in [-0.2, 0) is 4.79 Å². The summed E-state index contributed by atoms with van der Waals surface area (Å²) in [4.78, 5) is 10.9. The van der Waals surface area contributed by atoms with E-state index in [0.717, 1.165) is 5.56 Å². The maximum Gasteiger partial charge on any atom is 0.325 e. The largest absolute Gasteiger partial charge is 0.493 e. The molecule has 0 saturated heterocycles. The smallest absolute Gasteiger partial charge is 0.325 e. The fourth-order valence-electron chi connectivity index (χ4n) is 1.56. The molecule has 0 saturated carbocycles. The molecule has 0 aromatic heterocycles. The molecule has 88 valence electrons. The van der Waals surface area contributed by atoms with Crippen LogP contribution < -0.4 is 15.2 Å². The number of carboxylic acids is 1. The summed E-state index contributed by atoms with van der Waals surface area (Å²) in [5.74, 6) is -0.258. The number of rotatable bonds is 4. The maximum absolute atomic E-state index is 10.9. The van der Waals surface area contributed by atoms with Gasteiger partial charge in [-0.2, -0.15) is 0 Å². The predicted molar refractivity (Wildman–Crippen MR) is 58.8 cm³/mol. The molecule has 5 heteroatoms. The minimum Gasteiger partial charge on any atom is -0.493 e. The van der Waals surface area contributed by atoms with Crippen molar-refractivity contribution in [1.82, 2.24) is 0 Å². The molecule has 1 atom stereocenters. The van der Waals surface area contributed by atoms with Gasteiger partial charge in [-0.1, -0.05) is 6.07 Å². The van der Waals surface area contributed by atoms with Crippen LogP contribution in [0.5, 0.6) is 11.5 Å². The van der Waals surface area contributed by atoms with E-state index in [1.54, 1.807) is 19.1 Å². The summed E-state index contributed by atoms with van der Waals surface area (Å²) in [6, 6.07) is 2.34. The van der Waals surface area contributed by atoms with E-state index in [1.165, 1.54) is 14.2 Å². The monoisotopic (exact) mass is 225 g/mol. The Morgan fingerprint density at radius 3 is 2.44 bits per heavy atom. The number of hydrogen-bond donors (Lipinski definition) is 2. The van der Waals surface area contributed by atoms with Crippen molar-refractivity contribution in [1.29, 1.82) is 0 Å². The van der Waals surface area contributed by atoms with E-state index in [9.17, 15) is 4.79 Å². The highest BCUT2D eigenvalue weighted by Gasteiger charge is 2.23. The van der Waals surface area contributed by atoms with E-state index in [4.69, 9.17) is 20.3 Å². The fraction of sp³-hybridized carbons (Fsp3) is 0.364. The van der Waals surface area contributed by atoms with Gasteiger partial charge in [-0.3, -0.25) is 4.79 Å². The lowest BCUT2D eigenvalue weighted by atomic mass is 10.00. The molecule has 16 heavy (non-hydrogen) atoms. The second-order valence-corrected chi connectivity index (χ2v) is 3.35. The zero-order valence-electron chi connectivity index (χ0n) is 9.48. The van der Waals surface area contributed by atoms with Gasteiger partial charge < -0.3 is 20.3 Å². The lowest BCUT2D eigenvalue weighted by Gasteiger charge is -2.17. The molecule has 0 bridgehead atoms. The number of nitrogens with two attached hydrogens (primary N) is 1. The zero-order valence-corrected chi connectivity index (χ0v) is 9.48. The van der Waals surface area contributed by atoms with Gasteiger partial charge in [0.25, 0.3) is 0 Å². The average Bonchev–Trinajstić information content (AvgIpc) is 2.27. The van der Waals surface area contributed by atoms with Crippen molar-refractivity contribution < 1.29 is 19.4 Å². The van der Waals surface area contributed by atoms with Gasteiger partial charge in [-0.15, -0.1) is 0 Å². The quantitative estimate of drug-likeness (QED) is 0.801. The topological polar surface area (TPSA) is 81.8 Å². The summed E-state index contributed by atoms with van der Waals surface area (Å²) in [5, 5.41) is 8.92. The molecule has 0 aliphatic carbocycles. The molecule has 0 amide bonds. The van der Waals surface area contributed by atoms with Crippen LogP contribution in [0.25, 0.3) is 0 Å². The van der Waals surface area contributed by atoms with Crippen LogP contribution in [0.3, 0.4) is 0 Å². The van der Waals surface area contributed by atoms with Crippen molar-refractivity contribution >= 4 is 5.97 Å². The van der Waals surface area contributed by atoms with Crippen LogP contribution in [0.4, 0.5) is 0 Å². The number of benzene rings is 1. The molecular formula is C11H15NO4. The van der Waals surface area contributed by atoms with E-state index in [0.29, 0.717) is 17.1 Å². The summed E-state index contributed by atoms with van der Waals surface area (Å²) in [5.41, 5.74) is 6.80. The summed E-state index contributed by atoms with van der Waals surface area (Å²) in [6.07, 6.45) is 0. The molecule has 0 spiro atoms. The first kappa shape index (κ1) is 12.3. The Labute approximate surface area is 93.8 Å². The predicted octanol–water partition coefficient (Wildman–Crippen LogP) is 1.10. The number of carbonyl (C=O) groups is 1. The number of hydrogen-bond acceptors (Lipinski definition) is 4. The van der Waals surface area contributed by atoms with Gasteiger partial charge in [0.15, 0.2) is 11.5 Å². The van der Waals surface area contributed by atoms with Crippen molar-refractivity contribution in [3.63, 3.8) is 0 Å². The number of methoxy groups -OCH3 is 2. The third-order valence-corrected chi connectivity index (χ3v) is 2.38. The summed E-state index contributed by atoms with van der Waals surface area (Å²) >= 11 is 0. The third kappa shape index (κ3) is 2.09. The van der Waals surface area contributed by atoms with E-state index in [-0.39, 0.29) is 0 Å². The molecule has 0 fully saturated rings. The van der Waals surface area contributed by atoms with E-state index in [2.05, 4.69) is 0 Å². The molecular weight excluding hydrogens is 210 g/mol. The molecule has 0 aliphatic heterocycles. The molecule has 1 rings (SSSR count). The van der Waals surface area contributed by atoms with Crippen LogP contribution in [0, 0.1) is 6.92 Å². The van der Waals surface area contributed by atoms with Crippen LogP contribution in [0.2, 0.25) is 0 Å². The van der Waals surface area contributed by atoms with Crippen molar-refractivity contribution in [2.45, 2.75) is 13.0 Å². The molecule has 0 radical (unpaired) electrons. The Balaban J connectivity index is 3.39. The molecule has 3 N–H and O–H groups in total. The number of aryl methyl sites for hydroxylation is 1. The second kappa shape index (κ2) is 4.85. The lowest BCUT2D eigenvalue weighted by molar-refractivity contribution is -0.138. The number of aliphatic carboxylic acids is 1. The van der Waals surface area contributed by atoms with Gasteiger partial charge in [0.2, 0.25) is 0 Å². The Morgan fingerprint density at radius 2 is 2.00 bits per heavy atom. The highest BCUT2D eigenvalue weighted by Crippen LogP contribution is 2.36. The van der Waals surface area contributed by atoms with E-state index < -0.39 is 12.0 Å². The van der Waals surface area contributed by atoms with Gasteiger partial charge in [-0.25, -0.2) is 0 Å². The lowest BCUT2D eigenvalue weighted by Crippen LogP contribution is -2.22. The summed E-state index contributed by atoms with van der Waals surface area (Å²) in [6.45, 7) is 1.78. The third-order valence-electron chi connectivity index (χ3n) is 2.38. The Kier molecular flexibility index (Phi) is 3.73. The van der Waals surface area contributed by atoms with Gasteiger partial charge in [0.1, 0.15) is 6.04 Å². The Hall–Kier alpha value is -1.75. The highest BCUT2D eigenvalue weighted by molar-refractivity contribution is 5.77. The van der Waals surface area contributed by atoms with Gasteiger partial charge >= 0.3 is 5.97 Å². The van der Waals surface area contributed by atoms with Gasteiger partial charge in [0, 0.05) is 5.56 Å². The Morgan fingerprint density at radius 1 is 1.38 bits per heavy atom. The minimum atomic E-state index is -1.12. The summed E-state index contributed by atoms with van der Waals surface area (Å²) in [7, 11) is 2.94. The fourth-order valence-corrected chi connectivity index (χ4v) is 1.56. The molecule has 1 unspecified atom stereocenters. The minimum absolute atomic E-state index is 0.373. The Bertz CT molecular complexity index is 403. The first-order chi connectivity index (χ1) is 7.52. The highest BCUT2D eigenvalue weighted by atomic mass is 16.5. The van der Waals surface area contributed by atoms with Crippen molar-refractivity contribution in [2.24, 2.45) is 5.73 Å². The van der Waals surface area contributed by atoms with Crippen LogP contribution in [0.15, 0.2) is 12.1 Å². The standard InChI is InChI=1S/C11H15NO4/c1-6-4-5-7(15-2)10(16-3)8(6)9(12)11(13)14/h4-5,9H,12H2,1-3H3,(H,13,14). The number of carboxylic acid groups (broad SMARTS) is 1.